The van der Waals surface area contributed by atoms with Crippen LogP contribution in [0.5, 0.6) is 0 Å². The Bertz CT molecular complexity index is 27.0. The van der Waals surface area contributed by atoms with E-state index in [2.05, 4.69) is 0 Å². The van der Waals surface area contributed by atoms with Gasteiger partial charge in [0.2, 0.25) is 0 Å². The molecule has 0 heterocycles. The van der Waals surface area contributed by atoms with Gasteiger partial charge in [0.1, 0.15) is 0 Å². The van der Waals surface area contributed by atoms with E-state index >= 15 is 0 Å². The van der Waals surface area contributed by atoms with E-state index in [0.717, 1.165) is 0 Å². The molecular formula is HHfO2Si. The zero-order valence-corrected chi connectivity index (χ0v) is 6.64. The molecule has 0 saturated heterocycles. The molecule has 0 bridgehead atoms. The molecule has 2 nitrogen and oxygen atoms in total. The Balaban J connectivity index is 2.73. The fourth-order valence-electron chi connectivity index (χ4n) is 0. The fourth-order valence-corrected chi connectivity index (χ4v) is 0. The molecule has 4 heteroatoms. The summed E-state index contributed by atoms with van der Waals surface area (Å²) in [5.74, 6) is 0. The van der Waals surface area contributed by atoms with Crippen LogP contribution in [0.25, 0.3) is 0 Å². The summed E-state index contributed by atoms with van der Waals surface area (Å²) in [6, 6.07) is 0. The molecule has 4 heavy (non-hydrogen) atoms. The molecule has 0 aromatic carbocycles. The van der Waals surface area contributed by atoms with Gasteiger partial charge in [0.25, 0.3) is 0 Å². The number of rotatable bonds is 1. The van der Waals surface area contributed by atoms with Gasteiger partial charge in [-0.1, -0.05) is 0 Å². The molecule has 0 aliphatic heterocycles. The zero-order valence-electron chi connectivity index (χ0n) is 1.89. The van der Waals surface area contributed by atoms with Crippen LogP contribution in [0.4, 0.5) is 0 Å². The van der Waals surface area contributed by atoms with Crippen molar-refractivity contribution in [2.45, 2.75) is 0 Å². The summed E-state index contributed by atoms with van der Waals surface area (Å²) in [5, 5.41) is 0. The quantitative estimate of drug-likeness (QED) is 0.557. The molecular weight excluding hydrogens is 239 g/mol. The van der Waals surface area contributed by atoms with E-state index in [0.29, 0.717) is 0 Å². The average molecular weight is 240 g/mol. The summed E-state index contributed by atoms with van der Waals surface area (Å²) in [7, 11) is 0. The van der Waals surface area contributed by atoms with Gasteiger partial charge in [0.15, 0.2) is 0 Å². The molecule has 0 atom stereocenters. The summed E-state index contributed by atoms with van der Waals surface area (Å²) in [5.41, 5.74) is 0. The second-order valence-corrected chi connectivity index (χ2v) is 5.79. The van der Waals surface area contributed by atoms with E-state index in [4.69, 9.17) is 4.46 Å². The van der Waals surface area contributed by atoms with Crippen molar-refractivity contribution in [3.63, 3.8) is 0 Å². The minimum absolute atomic E-state index is 0.829. The standard InChI is InChI=1S/Hf.HOSi.O/c;1-2;/h;2H;. The maximum absolute atomic E-state index is 9.22. The molecule has 0 rings (SSSR count). The first-order chi connectivity index (χ1) is 1.91. The first-order valence-electron chi connectivity index (χ1n) is 0.729. The Morgan fingerprint density at radius 1 is 1.75 bits per heavy atom. The van der Waals surface area contributed by atoms with Gasteiger partial charge in [-0.25, -0.2) is 0 Å². The second kappa shape index (κ2) is 3.69. The van der Waals surface area contributed by atoms with E-state index in [9.17, 15) is 2.85 Å². The average Bonchev–Trinajstić information content (AvgIpc) is 1.37. The van der Waals surface area contributed by atoms with Crippen molar-refractivity contribution in [1.82, 2.24) is 0 Å². The van der Waals surface area contributed by atoms with Gasteiger partial charge < -0.3 is 0 Å². The SMILES string of the molecule is O=[SiH][Hf]=[O]. The van der Waals surface area contributed by atoms with Crippen molar-refractivity contribution >= 4 is 6.59 Å². The third-order valence-electron chi connectivity index (χ3n) is 0.0481. The third kappa shape index (κ3) is 2.69. The van der Waals surface area contributed by atoms with E-state index in [1.807, 2.05) is 0 Å². The van der Waals surface area contributed by atoms with Crippen LogP contribution in [-0.2, 0) is 29.4 Å². The van der Waals surface area contributed by atoms with Crippen molar-refractivity contribution in [2.24, 2.45) is 0 Å². The van der Waals surface area contributed by atoms with Gasteiger partial charge in [-0.15, -0.1) is 0 Å². The van der Waals surface area contributed by atoms with Crippen molar-refractivity contribution in [1.29, 1.82) is 0 Å². The summed E-state index contributed by atoms with van der Waals surface area (Å²) in [6.07, 6.45) is 0. The van der Waals surface area contributed by atoms with Crippen LogP contribution >= 0.6 is 0 Å². The van der Waals surface area contributed by atoms with Crippen molar-refractivity contribution in [2.75, 3.05) is 0 Å². The molecule has 0 fully saturated rings. The Morgan fingerprint density at radius 3 is 2.00 bits per heavy atom. The molecule has 0 aromatic rings. The van der Waals surface area contributed by atoms with Crippen molar-refractivity contribution in [3.05, 3.63) is 0 Å². The molecule has 0 aliphatic carbocycles. The Hall–Kier alpha value is 0.687. The predicted molar refractivity (Wildman–Crippen MR) is 8.52 cm³/mol. The molecule has 21 valence electrons. The van der Waals surface area contributed by atoms with E-state index < -0.39 is 28.7 Å². The van der Waals surface area contributed by atoms with Gasteiger partial charge in [0.05, 0.1) is 0 Å². The van der Waals surface area contributed by atoms with Crippen LogP contribution in [0.2, 0.25) is 0 Å². The maximum atomic E-state index is 9.22. The van der Waals surface area contributed by atoms with Crippen LogP contribution in [0.1, 0.15) is 0 Å². The van der Waals surface area contributed by atoms with Crippen molar-refractivity contribution in [3.8, 4) is 0 Å². The predicted octanol–water partition coefficient (Wildman–Crippen LogP) is -0.889. The third-order valence-corrected chi connectivity index (χ3v) is 1.18. The number of hydrogen-bond donors (Lipinski definition) is 0. The summed E-state index contributed by atoms with van der Waals surface area (Å²) < 4.78 is 18.4. The molecule has 0 amide bonds. The Labute approximate surface area is 36.2 Å². The first-order valence-corrected chi connectivity index (χ1v) is 9.47. The molecule has 0 N–H and O–H groups in total. The topological polar surface area (TPSA) is 34.1 Å². The molecule has 0 aromatic heterocycles. The van der Waals surface area contributed by atoms with Gasteiger partial charge in [0, 0.05) is 0 Å². The molecule has 0 spiro atoms. The van der Waals surface area contributed by atoms with Gasteiger partial charge in [-0.05, 0) is 0 Å². The van der Waals surface area contributed by atoms with Crippen LogP contribution in [0.3, 0.4) is 0 Å². The first kappa shape index (κ1) is 4.69. The van der Waals surface area contributed by atoms with Crippen LogP contribution in [-0.4, -0.2) is 6.59 Å². The normalized spacial score (nSPS) is 4.00. The van der Waals surface area contributed by atoms with Gasteiger partial charge in [-0.3, -0.25) is 0 Å². The fraction of sp³-hybridized carbons (Fsp3) is 0. The summed E-state index contributed by atoms with van der Waals surface area (Å²) >= 11 is -1.66. The van der Waals surface area contributed by atoms with E-state index in [1.54, 1.807) is 0 Å². The van der Waals surface area contributed by atoms with Crippen molar-refractivity contribution < 1.29 is 29.4 Å². The Kier molecular flexibility index (Phi) is 4.32. The Morgan fingerprint density at radius 2 is 2.00 bits per heavy atom. The second-order valence-electron chi connectivity index (χ2n) is 0.236. The molecule has 0 saturated carbocycles. The van der Waals surface area contributed by atoms with Crippen LogP contribution < -0.4 is 0 Å². The molecule has 0 radical (unpaired) electrons. The minimum atomic E-state index is -1.66. The summed E-state index contributed by atoms with van der Waals surface area (Å²) in [4.78, 5) is 0. The number of hydrogen-bond acceptors (Lipinski definition) is 2. The van der Waals surface area contributed by atoms with Gasteiger partial charge in [-0.2, -0.15) is 0 Å². The monoisotopic (exact) mass is 241 g/mol. The van der Waals surface area contributed by atoms with E-state index in [-0.39, 0.29) is 0 Å². The molecule has 0 unspecified atom stereocenters. The van der Waals surface area contributed by atoms with Crippen LogP contribution in [0.15, 0.2) is 0 Å². The van der Waals surface area contributed by atoms with E-state index in [1.165, 1.54) is 0 Å². The van der Waals surface area contributed by atoms with Gasteiger partial charge >= 0.3 is 36.0 Å². The zero-order chi connectivity index (χ0) is 3.41. The van der Waals surface area contributed by atoms with Crippen LogP contribution in [0, 0.1) is 0 Å². The summed E-state index contributed by atoms with van der Waals surface area (Å²) in [6.45, 7) is -0.829. The molecule has 0 aliphatic rings.